The van der Waals surface area contributed by atoms with Crippen molar-refractivity contribution in [1.29, 1.82) is 0 Å². The number of rotatable bonds is 2. The van der Waals surface area contributed by atoms with E-state index in [1.807, 2.05) is 29.6 Å². The first-order chi connectivity index (χ1) is 16.1. The van der Waals surface area contributed by atoms with Gasteiger partial charge in [0.1, 0.15) is 0 Å². The molecule has 0 atom stereocenters. The van der Waals surface area contributed by atoms with Crippen molar-refractivity contribution in [2.45, 2.75) is 6.92 Å². The minimum Gasteiger partial charge on any atom is -0.324 e. The molecule has 2 heterocycles. The molecule has 33 heavy (non-hydrogen) atoms. The molecule has 0 amide bonds. The molecule has 1 nitrogen and oxygen atoms in total. The molecule has 0 radical (unpaired) electrons. The second-order valence-corrected chi connectivity index (χ2v) is 9.24. The van der Waals surface area contributed by atoms with Gasteiger partial charge in [0.2, 0.25) is 0 Å². The summed E-state index contributed by atoms with van der Waals surface area (Å²) in [4.78, 5) is 2.14. The van der Waals surface area contributed by atoms with E-state index in [1.54, 1.807) is 0 Å². The SMILES string of the molecule is C=C1/C=C\C=C/N(c2ccc(C)cc2)/C=C\C(c2cccc3c2sc2ccccc23)=C/C1=C. The van der Waals surface area contributed by atoms with Crippen molar-refractivity contribution >= 4 is 42.8 Å². The van der Waals surface area contributed by atoms with Gasteiger partial charge in [0.15, 0.2) is 0 Å². The van der Waals surface area contributed by atoms with Crippen molar-refractivity contribution in [3.05, 3.63) is 145 Å². The minimum atomic E-state index is 0.901. The molecular formula is C31H25NS. The lowest BCUT2D eigenvalue weighted by Crippen LogP contribution is -2.06. The molecular weight excluding hydrogens is 418 g/mol. The van der Waals surface area contributed by atoms with Gasteiger partial charge < -0.3 is 4.90 Å². The lowest BCUT2D eigenvalue weighted by molar-refractivity contribution is 1.27. The fourth-order valence-corrected chi connectivity index (χ4v) is 5.23. The molecule has 0 unspecified atom stereocenters. The van der Waals surface area contributed by atoms with E-state index in [1.165, 1.54) is 31.3 Å². The molecule has 5 rings (SSSR count). The summed E-state index contributed by atoms with van der Waals surface area (Å²) in [7, 11) is 0. The highest BCUT2D eigenvalue weighted by Gasteiger charge is 2.12. The Labute approximate surface area is 199 Å². The van der Waals surface area contributed by atoms with E-state index in [2.05, 4.69) is 116 Å². The fourth-order valence-electron chi connectivity index (χ4n) is 3.99. The highest BCUT2D eigenvalue weighted by molar-refractivity contribution is 7.26. The van der Waals surface area contributed by atoms with Crippen LogP contribution < -0.4 is 4.90 Å². The summed E-state index contributed by atoms with van der Waals surface area (Å²) < 4.78 is 2.59. The molecule has 160 valence electrons. The van der Waals surface area contributed by atoms with Crippen LogP contribution in [-0.4, -0.2) is 0 Å². The number of nitrogens with zero attached hydrogens (tertiary/aromatic N) is 1. The average Bonchev–Trinajstić information content (AvgIpc) is 3.20. The normalized spacial score (nSPS) is 19.2. The number of thiophene rings is 1. The van der Waals surface area contributed by atoms with Gasteiger partial charge in [-0.15, -0.1) is 11.3 Å². The molecule has 2 heteroatoms. The largest absolute Gasteiger partial charge is 0.324 e. The standard InChI is InChI=1S/C31H25NS/c1-22-14-16-26(17-15-22)32-19-7-6-9-23(2)24(3)21-25(18-20-32)27-11-8-12-29-28-10-4-5-13-30(28)33-31(27)29/h4-21H,2-3H2,1H3/b9-6-,19-7-,20-18-,25-21+. The highest BCUT2D eigenvalue weighted by Crippen LogP contribution is 2.39. The van der Waals surface area contributed by atoms with Crippen molar-refractivity contribution in [1.82, 2.24) is 0 Å². The average molecular weight is 444 g/mol. The van der Waals surface area contributed by atoms with Crippen LogP contribution in [0.25, 0.3) is 25.7 Å². The van der Waals surface area contributed by atoms with E-state index < -0.39 is 0 Å². The number of benzene rings is 3. The molecule has 0 fully saturated rings. The second kappa shape index (κ2) is 8.93. The van der Waals surface area contributed by atoms with Crippen molar-refractivity contribution < 1.29 is 0 Å². The zero-order chi connectivity index (χ0) is 22.8. The summed E-state index contributed by atoms with van der Waals surface area (Å²) >= 11 is 1.84. The van der Waals surface area contributed by atoms with Crippen LogP contribution in [0.15, 0.2) is 134 Å². The summed E-state index contributed by atoms with van der Waals surface area (Å²) in [6.07, 6.45) is 14.5. The predicted octanol–water partition coefficient (Wildman–Crippen LogP) is 8.96. The van der Waals surface area contributed by atoms with E-state index in [4.69, 9.17) is 0 Å². The first kappa shape index (κ1) is 21.0. The maximum Gasteiger partial charge on any atom is 0.0449 e. The second-order valence-electron chi connectivity index (χ2n) is 8.19. The van der Waals surface area contributed by atoms with Crippen LogP contribution in [0, 0.1) is 6.92 Å². The quantitative estimate of drug-likeness (QED) is 0.299. The van der Waals surface area contributed by atoms with Gasteiger partial charge in [-0.3, -0.25) is 0 Å². The van der Waals surface area contributed by atoms with Gasteiger partial charge >= 0.3 is 0 Å². The van der Waals surface area contributed by atoms with Gasteiger partial charge in [0.05, 0.1) is 0 Å². The number of aryl methyl sites for hydroxylation is 1. The third kappa shape index (κ3) is 4.26. The summed E-state index contributed by atoms with van der Waals surface area (Å²) in [5.41, 5.74) is 6.47. The van der Waals surface area contributed by atoms with Crippen LogP contribution in [0.5, 0.6) is 0 Å². The maximum absolute atomic E-state index is 4.29. The van der Waals surface area contributed by atoms with E-state index in [-0.39, 0.29) is 0 Å². The molecule has 1 aromatic heterocycles. The zero-order valence-electron chi connectivity index (χ0n) is 18.7. The maximum atomic E-state index is 4.29. The first-order valence-electron chi connectivity index (χ1n) is 11.0. The number of hydrogen-bond donors (Lipinski definition) is 0. The molecule has 0 saturated heterocycles. The number of allylic oxidation sites excluding steroid dienone is 8. The van der Waals surface area contributed by atoms with Gasteiger partial charge in [0, 0.05) is 38.3 Å². The van der Waals surface area contributed by atoms with Gasteiger partial charge in [-0.1, -0.05) is 79.4 Å². The molecule has 1 aliphatic heterocycles. The lowest BCUT2D eigenvalue weighted by atomic mass is 9.98. The Morgan fingerprint density at radius 3 is 2.36 bits per heavy atom. The summed E-state index contributed by atoms with van der Waals surface area (Å²) in [6, 6.07) is 23.7. The van der Waals surface area contributed by atoms with Crippen LogP contribution >= 0.6 is 11.3 Å². The molecule has 0 bridgehead atoms. The Morgan fingerprint density at radius 2 is 1.52 bits per heavy atom. The van der Waals surface area contributed by atoms with Crippen molar-refractivity contribution in [2.24, 2.45) is 0 Å². The Hall–Kier alpha value is -3.88. The summed E-state index contributed by atoms with van der Waals surface area (Å²) in [5.74, 6) is 0. The molecule has 1 aliphatic rings. The smallest absolute Gasteiger partial charge is 0.0449 e. The van der Waals surface area contributed by atoms with Crippen LogP contribution in [0.2, 0.25) is 0 Å². The third-order valence-corrected chi connectivity index (χ3v) is 7.08. The first-order valence-corrected chi connectivity index (χ1v) is 11.8. The third-order valence-electron chi connectivity index (χ3n) is 5.86. The van der Waals surface area contributed by atoms with Crippen LogP contribution in [0.3, 0.4) is 0 Å². The van der Waals surface area contributed by atoms with Crippen molar-refractivity contribution in [3.8, 4) is 0 Å². The molecule has 3 aromatic carbocycles. The van der Waals surface area contributed by atoms with Gasteiger partial charge in [0.25, 0.3) is 0 Å². The van der Waals surface area contributed by atoms with E-state index >= 15 is 0 Å². The van der Waals surface area contributed by atoms with Crippen LogP contribution in [0.1, 0.15) is 11.1 Å². The van der Waals surface area contributed by atoms with E-state index in [0.29, 0.717) is 0 Å². The van der Waals surface area contributed by atoms with Crippen LogP contribution in [0.4, 0.5) is 5.69 Å². The minimum absolute atomic E-state index is 0.901. The van der Waals surface area contributed by atoms with Crippen molar-refractivity contribution in [3.63, 3.8) is 0 Å². The number of fused-ring (bicyclic) bond motifs is 3. The fraction of sp³-hybridized carbons (Fsp3) is 0.0323. The summed E-state index contributed by atoms with van der Waals surface area (Å²) in [6.45, 7) is 10.6. The highest BCUT2D eigenvalue weighted by atomic mass is 32.1. The Balaban J connectivity index is 1.68. The Kier molecular flexibility index (Phi) is 5.68. The summed E-state index contributed by atoms with van der Waals surface area (Å²) in [5, 5.41) is 2.59. The van der Waals surface area contributed by atoms with E-state index in [0.717, 1.165) is 22.4 Å². The molecule has 4 aromatic rings. The molecule has 0 aliphatic carbocycles. The van der Waals surface area contributed by atoms with Gasteiger partial charge in [-0.2, -0.15) is 0 Å². The predicted molar refractivity (Wildman–Crippen MR) is 147 cm³/mol. The lowest BCUT2D eigenvalue weighted by Gasteiger charge is -2.16. The van der Waals surface area contributed by atoms with Gasteiger partial charge in [-0.05, 0) is 65.6 Å². The van der Waals surface area contributed by atoms with Gasteiger partial charge in [-0.25, -0.2) is 0 Å². The Bertz CT molecular complexity index is 1490. The topological polar surface area (TPSA) is 3.24 Å². The van der Waals surface area contributed by atoms with Crippen molar-refractivity contribution in [2.75, 3.05) is 4.90 Å². The molecule has 0 N–H and O–H groups in total. The zero-order valence-corrected chi connectivity index (χ0v) is 19.5. The molecule has 0 spiro atoms. The Morgan fingerprint density at radius 1 is 0.727 bits per heavy atom. The van der Waals surface area contributed by atoms with E-state index in [9.17, 15) is 0 Å². The van der Waals surface area contributed by atoms with Crippen LogP contribution in [-0.2, 0) is 0 Å². The number of hydrogen-bond acceptors (Lipinski definition) is 2. The number of anilines is 1. The monoisotopic (exact) mass is 443 g/mol. The molecule has 0 saturated carbocycles.